The van der Waals surface area contributed by atoms with Gasteiger partial charge in [-0.1, -0.05) is 39.7 Å². The van der Waals surface area contributed by atoms with Crippen molar-refractivity contribution in [1.29, 1.82) is 0 Å². The molecule has 14 heavy (non-hydrogen) atoms. The SMILES string of the molecule is COC(=O)C(Br)c1cccc(Cl)c1C. The summed E-state index contributed by atoms with van der Waals surface area (Å²) in [7, 11) is 1.36. The zero-order valence-corrected chi connectivity index (χ0v) is 10.2. The van der Waals surface area contributed by atoms with Crippen LogP contribution in [-0.2, 0) is 9.53 Å². The lowest BCUT2D eigenvalue weighted by Gasteiger charge is -2.11. The minimum atomic E-state index is -0.453. The Hall–Kier alpha value is -0.540. The molecule has 0 N–H and O–H groups in total. The standard InChI is InChI=1S/C10H10BrClO2/c1-6-7(4-3-5-8(6)12)9(11)10(13)14-2/h3-5,9H,1-2H3. The summed E-state index contributed by atoms with van der Waals surface area (Å²) >= 11 is 9.20. The van der Waals surface area contributed by atoms with Crippen LogP contribution in [0.1, 0.15) is 16.0 Å². The van der Waals surface area contributed by atoms with Crippen LogP contribution in [0, 0.1) is 6.92 Å². The smallest absolute Gasteiger partial charge is 0.324 e. The van der Waals surface area contributed by atoms with Crippen LogP contribution in [0.4, 0.5) is 0 Å². The summed E-state index contributed by atoms with van der Waals surface area (Å²) in [6.07, 6.45) is 0. The fourth-order valence-electron chi connectivity index (χ4n) is 1.13. The van der Waals surface area contributed by atoms with E-state index < -0.39 is 4.83 Å². The van der Waals surface area contributed by atoms with Crippen molar-refractivity contribution in [3.63, 3.8) is 0 Å². The predicted molar refractivity (Wildman–Crippen MR) is 59.9 cm³/mol. The summed E-state index contributed by atoms with van der Waals surface area (Å²) in [6, 6.07) is 5.44. The summed E-state index contributed by atoms with van der Waals surface area (Å²) in [5.41, 5.74) is 1.73. The molecule has 1 rings (SSSR count). The summed E-state index contributed by atoms with van der Waals surface area (Å²) in [6.45, 7) is 1.87. The van der Waals surface area contributed by atoms with E-state index in [9.17, 15) is 4.79 Å². The molecule has 1 aromatic carbocycles. The molecule has 0 aliphatic rings. The molecule has 2 nitrogen and oxygen atoms in total. The van der Waals surface area contributed by atoms with Crippen molar-refractivity contribution in [3.8, 4) is 0 Å². The molecular formula is C10H10BrClO2. The molecule has 1 atom stereocenters. The Morgan fingerprint density at radius 2 is 2.21 bits per heavy atom. The minimum absolute atomic E-state index is 0.324. The van der Waals surface area contributed by atoms with Gasteiger partial charge < -0.3 is 4.74 Å². The number of benzene rings is 1. The topological polar surface area (TPSA) is 26.3 Å². The van der Waals surface area contributed by atoms with Crippen molar-refractivity contribution in [2.45, 2.75) is 11.8 Å². The second-order valence-corrected chi connectivity index (χ2v) is 4.16. The van der Waals surface area contributed by atoms with Gasteiger partial charge in [0.15, 0.2) is 0 Å². The Morgan fingerprint density at radius 3 is 2.79 bits per heavy atom. The van der Waals surface area contributed by atoms with Crippen molar-refractivity contribution in [2.24, 2.45) is 0 Å². The number of carbonyl (C=O) groups excluding carboxylic acids is 1. The summed E-state index contributed by atoms with van der Waals surface area (Å²) in [4.78, 5) is 10.8. The molecule has 0 aliphatic heterocycles. The Morgan fingerprint density at radius 1 is 1.57 bits per heavy atom. The molecule has 0 saturated carbocycles. The zero-order chi connectivity index (χ0) is 10.7. The second-order valence-electron chi connectivity index (χ2n) is 2.84. The maximum atomic E-state index is 11.3. The number of hydrogen-bond donors (Lipinski definition) is 0. The molecular weight excluding hydrogens is 267 g/mol. The van der Waals surface area contributed by atoms with Crippen molar-refractivity contribution in [2.75, 3.05) is 7.11 Å². The van der Waals surface area contributed by atoms with Crippen LogP contribution in [0.15, 0.2) is 18.2 Å². The lowest BCUT2D eigenvalue weighted by Crippen LogP contribution is -2.09. The van der Waals surface area contributed by atoms with E-state index in [-0.39, 0.29) is 5.97 Å². The highest BCUT2D eigenvalue weighted by molar-refractivity contribution is 9.09. The van der Waals surface area contributed by atoms with E-state index in [1.807, 2.05) is 19.1 Å². The third-order valence-electron chi connectivity index (χ3n) is 1.99. The first-order chi connectivity index (χ1) is 6.57. The number of rotatable bonds is 2. The van der Waals surface area contributed by atoms with Crippen molar-refractivity contribution < 1.29 is 9.53 Å². The molecule has 4 heteroatoms. The van der Waals surface area contributed by atoms with E-state index in [0.717, 1.165) is 11.1 Å². The van der Waals surface area contributed by atoms with Crippen LogP contribution in [0.2, 0.25) is 5.02 Å². The Kier molecular flexibility index (Phi) is 3.96. The fourth-order valence-corrected chi connectivity index (χ4v) is 1.99. The van der Waals surface area contributed by atoms with Crippen molar-refractivity contribution in [1.82, 2.24) is 0 Å². The highest BCUT2D eigenvalue weighted by Gasteiger charge is 2.20. The normalized spacial score (nSPS) is 12.3. The van der Waals surface area contributed by atoms with Gasteiger partial charge in [0.1, 0.15) is 4.83 Å². The minimum Gasteiger partial charge on any atom is -0.468 e. The number of alkyl halides is 1. The fraction of sp³-hybridized carbons (Fsp3) is 0.300. The van der Waals surface area contributed by atoms with Crippen LogP contribution in [-0.4, -0.2) is 13.1 Å². The van der Waals surface area contributed by atoms with E-state index in [4.69, 9.17) is 11.6 Å². The average Bonchev–Trinajstić information content (AvgIpc) is 2.20. The molecule has 1 aromatic rings. The van der Waals surface area contributed by atoms with E-state index >= 15 is 0 Å². The van der Waals surface area contributed by atoms with Gasteiger partial charge >= 0.3 is 5.97 Å². The third-order valence-corrected chi connectivity index (χ3v) is 3.27. The maximum absolute atomic E-state index is 11.3. The van der Waals surface area contributed by atoms with Gasteiger partial charge in [0.05, 0.1) is 7.11 Å². The number of esters is 1. The molecule has 0 saturated heterocycles. The zero-order valence-electron chi connectivity index (χ0n) is 7.88. The highest BCUT2D eigenvalue weighted by atomic mass is 79.9. The molecule has 0 fully saturated rings. The maximum Gasteiger partial charge on any atom is 0.324 e. The molecule has 0 aromatic heterocycles. The van der Waals surface area contributed by atoms with Gasteiger partial charge in [-0.2, -0.15) is 0 Å². The molecule has 0 radical (unpaired) electrons. The van der Waals surface area contributed by atoms with E-state index in [2.05, 4.69) is 20.7 Å². The molecule has 0 amide bonds. The lowest BCUT2D eigenvalue weighted by atomic mass is 10.1. The van der Waals surface area contributed by atoms with E-state index in [1.54, 1.807) is 6.07 Å². The number of ether oxygens (including phenoxy) is 1. The van der Waals surface area contributed by atoms with E-state index in [0.29, 0.717) is 5.02 Å². The molecule has 0 bridgehead atoms. The van der Waals surface area contributed by atoms with Crippen LogP contribution in [0.25, 0.3) is 0 Å². The largest absolute Gasteiger partial charge is 0.468 e. The highest BCUT2D eigenvalue weighted by Crippen LogP contribution is 2.30. The summed E-state index contributed by atoms with van der Waals surface area (Å²) in [5.74, 6) is -0.324. The molecule has 0 heterocycles. The number of hydrogen-bond acceptors (Lipinski definition) is 2. The van der Waals surface area contributed by atoms with Crippen LogP contribution >= 0.6 is 27.5 Å². The number of carbonyl (C=O) groups is 1. The quantitative estimate of drug-likeness (QED) is 0.613. The van der Waals surface area contributed by atoms with Crippen molar-refractivity contribution in [3.05, 3.63) is 34.3 Å². The lowest BCUT2D eigenvalue weighted by molar-refractivity contribution is -0.139. The second kappa shape index (κ2) is 4.80. The Balaban J connectivity index is 3.07. The van der Waals surface area contributed by atoms with Crippen LogP contribution in [0.3, 0.4) is 0 Å². The van der Waals surface area contributed by atoms with Crippen molar-refractivity contribution >= 4 is 33.5 Å². The Bertz CT molecular complexity index is 352. The molecule has 0 aliphatic carbocycles. The van der Waals surface area contributed by atoms with Gasteiger partial charge in [-0.05, 0) is 24.1 Å². The van der Waals surface area contributed by atoms with Gasteiger partial charge in [-0.3, -0.25) is 4.79 Å². The number of halogens is 2. The van der Waals surface area contributed by atoms with Gasteiger partial charge in [0.2, 0.25) is 0 Å². The van der Waals surface area contributed by atoms with Gasteiger partial charge in [0, 0.05) is 5.02 Å². The monoisotopic (exact) mass is 276 g/mol. The first-order valence-corrected chi connectivity index (χ1v) is 5.34. The van der Waals surface area contributed by atoms with Crippen LogP contribution < -0.4 is 0 Å². The summed E-state index contributed by atoms with van der Waals surface area (Å²) in [5, 5.41) is 0.649. The third kappa shape index (κ3) is 2.28. The first kappa shape index (κ1) is 11.5. The molecule has 1 unspecified atom stereocenters. The van der Waals surface area contributed by atoms with Crippen LogP contribution in [0.5, 0.6) is 0 Å². The Labute approximate surface area is 96.3 Å². The van der Waals surface area contributed by atoms with Gasteiger partial charge in [-0.25, -0.2) is 0 Å². The molecule has 0 spiro atoms. The van der Waals surface area contributed by atoms with Gasteiger partial charge in [-0.15, -0.1) is 0 Å². The predicted octanol–water partition coefficient (Wildman–Crippen LogP) is 3.26. The van der Waals surface area contributed by atoms with Gasteiger partial charge in [0.25, 0.3) is 0 Å². The first-order valence-electron chi connectivity index (χ1n) is 4.05. The summed E-state index contributed by atoms with van der Waals surface area (Å²) < 4.78 is 4.63. The molecule has 76 valence electrons. The number of methoxy groups -OCH3 is 1. The van der Waals surface area contributed by atoms with E-state index in [1.165, 1.54) is 7.11 Å². The average molecular weight is 278 g/mol.